The zero-order valence-electron chi connectivity index (χ0n) is 9.90. The maximum Gasteiger partial charge on any atom is 0.0706 e. The molecule has 90 valence electrons. The van der Waals surface area contributed by atoms with Gasteiger partial charge >= 0.3 is 0 Å². The summed E-state index contributed by atoms with van der Waals surface area (Å²) in [5.74, 6) is 0. The van der Waals surface area contributed by atoms with E-state index in [2.05, 4.69) is 19.1 Å². The van der Waals surface area contributed by atoms with Crippen molar-refractivity contribution in [2.24, 2.45) is 0 Å². The predicted molar refractivity (Wildman–Crippen MR) is 69.9 cm³/mol. The van der Waals surface area contributed by atoms with Crippen LogP contribution in [-0.4, -0.2) is 16.6 Å². The summed E-state index contributed by atoms with van der Waals surface area (Å²) >= 11 is 6.13. The number of hydrogen-bond donors (Lipinski definition) is 1. The molecular formula is C14H21ClO. The van der Waals surface area contributed by atoms with E-state index in [0.29, 0.717) is 0 Å². The normalized spacial score (nSPS) is 14.7. The molecule has 0 aliphatic heterocycles. The minimum absolute atomic E-state index is 0.0938. The minimum atomic E-state index is -0.381. The summed E-state index contributed by atoms with van der Waals surface area (Å²) < 4.78 is 0. The molecule has 2 heteroatoms. The molecule has 2 atom stereocenters. The Labute approximate surface area is 103 Å². The Kier molecular flexibility index (Phi) is 6.51. The molecule has 1 aromatic rings. The third-order valence-corrected chi connectivity index (χ3v) is 3.33. The number of alkyl halides is 1. The highest BCUT2D eigenvalue weighted by molar-refractivity contribution is 6.21. The van der Waals surface area contributed by atoms with Gasteiger partial charge in [-0.1, -0.05) is 50.1 Å². The van der Waals surface area contributed by atoms with Crippen LogP contribution in [0.15, 0.2) is 30.3 Å². The lowest BCUT2D eigenvalue weighted by Crippen LogP contribution is -2.21. The Morgan fingerprint density at radius 3 is 2.50 bits per heavy atom. The maximum atomic E-state index is 9.87. The lowest BCUT2D eigenvalue weighted by molar-refractivity contribution is 0.155. The SMILES string of the molecule is CCCCC(Cl)C(O)CCc1ccccc1. The summed E-state index contributed by atoms with van der Waals surface area (Å²) in [7, 11) is 0. The van der Waals surface area contributed by atoms with Gasteiger partial charge in [0.2, 0.25) is 0 Å². The second-order valence-corrected chi connectivity index (χ2v) is 4.81. The summed E-state index contributed by atoms with van der Waals surface area (Å²) in [6.45, 7) is 2.14. The molecule has 2 unspecified atom stereocenters. The first-order valence-electron chi connectivity index (χ1n) is 6.10. The van der Waals surface area contributed by atoms with Gasteiger partial charge in [-0.25, -0.2) is 0 Å². The Balaban J connectivity index is 2.26. The van der Waals surface area contributed by atoms with Crippen molar-refractivity contribution in [2.75, 3.05) is 0 Å². The molecule has 0 aromatic heterocycles. The van der Waals surface area contributed by atoms with E-state index in [1.807, 2.05) is 18.2 Å². The average Bonchev–Trinajstić information content (AvgIpc) is 2.34. The zero-order chi connectivity index (χ0) is 11.8. The summed E-state index contributed by atoms with van der Waals surface area (Å²) in [6.07, 6.45) is 4.41. The smallest absolute Gasteiger partial charge is 0.0706 e. The van der Waals surface area contributed by atoms with Crippen molar-refractivity contribution in [3.05, 3.63) is 35.9 Å². The topological polar surface area (TPSA) is 20.2 Å². The van der Waals surface area contributed by atoms with Gasteiger partial charge in [-0.15, -0.1) is 11.6 Å². The highest BCUT2D eigenvalue weighted by Gasteiger charge is 2.15. The monoisotopic (exact) mass is 240 g/mol. The van der Waals surface area contributed by atoms with Gasteiger partial charge in [0.1, 0.15) is 0 Å². The van der Waals surface area contributed by atoms with Crippen molar-refractivity contribution in [3.63, 3.8) is 0 Å². The number of aliphatic hydroxyl groups is 1. The van der Waals surface area contributed by atoms with Crippen LogP contribution in [0.4, 0.5) is 0 Å². The van der Waals surface area contributed by atoms with Crippen molar-refractivity contribution >= 4 is 11.6 Å². The van der Waals surface area contributed by atoms with Gasteiger partial charge in [0.25, 0.3) is 0 Å². The number of benzene rings is 1. The van der Waals surface area contributed by atoms with Crippen molar-refractivity contribution in [1.29, 1.82) is 0 Å². The predicted octanol–water partition coefficient (Wildman–Crippen LogP) is 3.78. The molecule has 1 nitrogen and oxygen atoms in total. The van der Waals surface area contributed by atoms with Gasteiger partial charge in [-0.2, -0.15) is 0 Å². The fraction of sp³-hybridized carbons (Fsp3) is 0.571. The average molecular weight is 241 g/mol. The molecule has 0 aliphatic rings. The molecule has 0 radical (unpaired) electrons. The number of aryl methyl sites for hydroxylation is 1. The number of hydrogen-bond acceptors (Lipinski definition) is 1. The van der Waals surface area contributed by atoms with Gasteiger partial charge in [-0.3, -0.25) is 0 Å². The Morgan fingerprint density at radius 2 is 1.88 bits per heavy atom. The van der Waals surface area contributed by atoms with E-state index in [1.165, 1.54) is 5.56 Å². The van der Waals surface area contributed by atoms with Crippen LogP contribution < -0.4 is 0 Å². The van der Waals surface area contributed by atoms with Crippen LogP contribution in [0.2, 0.25) is 0 Å². The highest BCUT2D eigenvalue weighted by Crippen LogP contribution is 2.16. The van der Waals surface area contributed by atoms with Crippen molar-refractivity contribution in [2.45, 2.75) is 50.5 Å². The molecule has 0 amide bonds. The summed E-state index contributed by atoms with van der Waals surface area (Å²) in [5, 5.41) is 9.78. The van der Waals surface area contributed by atoms with Crippen LogP contribution in [0.1, 0.15) is 38.2 Å². The van der Waals surface area contributed by atoms with E-state index in [0.717, 1.165) is 32.1 Å². The molecule has 0 heterocycles. The van der Waals surface area contributed by atoms with Crippen LogP contribution in [0.25, 0.3) is 0 Å². The first-order chi connectivity index (χ1) is 7.74. The number of aliphatic hydroxyl groups excluding tert-OH is 1. The van der Waals surface area contributed by atoms with Gasteiger partial charge in [-0.05, 0) is 24.8 Å². The fourth-order valence-electron chi connectivity index (χ4n) is 1.73. The first kappa shape index (κ1) is 13.5. The molecule has 0 bridgehead atoms. The largest absolute Gasteiger partial charge is 0.392 e. The Hall–Kier alpha value is -0.530. The van der Waals surface area contributed by atoms with E-state index < -0.39 is 0 Å². The molecule has 0 aliphatic carbocycles. The maximum absolute atomic E-state index is 9.87. The molecule has 0 spiro atoms. The molecule has 1 N–H and O–H groups in total. The number of unbranched alkanes of at least 4 members (excludes halogenated alkanes) is 1. The van der Waals surface area contributed by atoms with Crippen LogP contribution in [0.5, 0.6) is 0 Å². The van der Waals surface area contributed by atoms with Gasteiger partial charge in [0.15, 0.2) is 0 Å². The minimum Gasteiger partial charge on any atom is -0.392 e. The number of rotatable bonds is 7. The Bertz CT molecular complexity index is 273. The molecule has 1 aromatic carbocycles. The van der Waals surface area contributed by atoms with Crippen molar-refractivity contribution < 1.29 is 5.11 Å². The van der Waals surface area contributed by atoms with Crippen LogP contribution in [0.3, 0.4) is 0 Å². The number of halogens is 1. The highest BCUT2D eigenvalue weighted by atomic mass is 35.5. The molecule has 16 heavy (non-hydrogen) atoms. The van der Waals surface area contributed by atoms with Gasteiger partial charge < -0.3 is 5.11 Å². The van der Waals surface area contributed by atoms with E-state index in [4.69, 9.17) is 11.6 Å². The van der Waals surface area contributed by atoms with E-state index in [1.54, 1.807) is 0 Å². The lowest BCUT2D eigenvalue weighted by atomic mass is 10.0. The third kappa shape index (κ3) is 5.00. The van der Waals surface area contributed by atoms with Crippen LogP contribution in [0, 0.1) is 0 Å². The standard InChI is InChI=1S/C14H21ClO/c1-2-3-9-13(15)14(16)11-10-12-7-5-4-6-8-12/h4-8,13-14,16H,2-3,9-11H2,1H3. The molecule has 1 rings (SSSR count). The third-order valence-electron chi connectivity index (χ3n) is 2.82. The van der Waals surface area contributed by atoms with Gasteiger partial charge in [0.05, 0.1) is 11.5 Å². The molecular weight excluding hydrogens is 220 g/mol. The molecule has 0 saturated carbocycles. The van der Waals surface area contributed by atoms with Crippen LogP contribution >= 0.6 is 11.6 Å². The van der Waals surface area contributed by atoms with E-state index in [-0.39, 0.29) is 11.5 Å². The second kappa shape index (κ2) is 7.70. The van der Waals surface area contributed by atoms with Crippen molar-refractivity contribution in [1.82, 2.24) is 0 Å². The second-order valence-electron chi connectivity index (χ2n) is 4.25. The summed E-state index contributed by atoms with van der Waals surface area (Å²) in [4.78, 5) is 0. The molecule has 0 fully saturated rings. The van der Waals surface area contributed by atoms with Gasteiger partial charge in [0, 0.05) is 0 Å². The van der Waals surface area contributed by atoms with E-state index in [9.17, 15) is 5.11 Å². The quantitative estimate of drug-likeness (QED) is 0.720. The summed E-state index contributed by atoms with van der Waals surface area (Å²) in [5.41, 5.74) is 1.26. The zero-order valence-corrected chi connectivity index (χ0v) is 10.7. The summed E-state index contributed by atoms with van der Waals surface area (Å²) in [6, 6.07) is 10.2. The van der Waals surface area contributed by atoms with Crippen LogP contribution in [-0.2, 0) is 6.42 Å². The first-order valence-corrected chi connectivity index (χ1v) is 6.53. The Morgan fingerprint density at radius 1 is 1.19 bits per heavy atom. The lowest BCUT2D eigenvalue weighted by Gasteiger charge is -2.16. The van der Waals surface area contributed by atoms with Crippen molar-refractivity contribution in [3.8, 4) is 0 Å². The molecule has 0 saturated heterocycles. The fourth-order valence-corrected chi connectivity index (χ4v) is 2.01. The van der Waals surface area contributed by atoms with E-state index >= 15 is 0 Å².